The molecule has 10 heteroatoms. The number of amides is 3. The minimum absolute atomic E-state index is 0.126. The van der Waals surface area contributed by atoms with E-state index in [-0.39, 0.29) is 23.6 Å². The van der Waals surface area contributed by atoms with Crippen LogP contribution in [-0.4, -0.2) is 31.1 Å². The maximum atomic E-state index is 12.4. The number of hydrogen-bond donors (Lipinski definition) is 3. The molecule has 2 aromatic carbocycles. The SMILES string of the molecule is COc1cc(C(=O)NCc2ccc(NC(N)=O)cc2)c([N+](=O)[O-])cc1OC. The summed E-state index contributed by atoms with van der Waals surface area (Å²) in [6.45, 7) is 0.126. The molecule has 10 nitrogen and oxygen atoms in total. The fraction of sp³-hybridized carbons (Fsp3) is 0.176. The lowest BCUT2D eigenvalue weighted by Gasteiger charge is -2.11. The van der Waals surface area contributed by atoms with Crippen LogP contribution in [0.25, 0.3) is 0 Å². The van der Waals surface area contributed by atoms with Crippen LogP contribution in [0.4, 0.5) is 16.2 Å². The highest BCUT2D eigenvalue weighted by Crippen LogP contribution is 2.34. The lowest BCUT2D eigenvalue weighted by Crippen LogP contribution is -2.24. The first kappa shape index (κ1) is 19.5. The molecule has 4 N–H and O–H groups in total. The Labute approximate surface area is 154 Å². The Morgan fingerprint density at radius 1 is 1.11 bits per heavy atom. The number of nitro groups is 1. The molecule has 0 spiro atoms. The minimum Gasteiger partial charge on any atom is -0.493 e. The average molecular weight is 374 g/mol. The molecule has 2 rings (SSSR count). The Morgan fingerprint density at radius 2 is 1.70 bits per heavy atom. The molecule has 0 bridgehead atoms. The number of nitro benzene ring substituents is 1. The highest BCUT2D eigenvalue weighted by Gasteiger charge is 2.24. The molecule has 0 unspecified atom stereocenters. The van der Waals surface area contributed by atoms with Gasteiger partial charge in [-0.2, -0.15) is 0 Å². The number of nitrogens with one attached hydrogen (secondary N) is 2. The number of rotatable bonds is 7. The molecule has 142 valence electrons. The molecule has 27 heavy (non-hydrogen) atoms. The topological polar surface area (TPSA) is 146 Å². The van der Waals surface area contributed by atoms with Gasteiger partial charge in [-0.3, -0.25) is 14.9 Å². The predicted octanol–water partition coefficient (Wildman–Crippen LogP) is 2.03. The molecule has 0 saturated carbocycles. The average Bonchev–Trinajstić information content (AvgIpc) is 2.65. The summed E-state index contributed by atoms with van der Waals surface area (Å²) >= 11 is 0. The summed E-state index contributed by atoms with van der Waals surface area (Å²) in [4.78, 5) is 33.8. The van der Waals surface area contributed by atoms with Crippen LogP contribution in [0, 0.1) is 10.1 Å². The van der Waals surface area contributed by atoms with Crippen LogP contribution in [0.3, 0.4) is 0 Å². The second-order valence-electron chi connectivity index (χ2n) is 5.35. The second kappa shape index (κ2) is 8.52. The first-order chi connectivity index (χ1) is 12.8. The van der Waals surface area contributed by atoms with Crippen molar-refractivity contribution in [2.45, 2.75) is 6.54 Å². The summed E-state index contributed by atoms with van der Waals surface area (Å²) < 4.78 is 10.1. The van der Waals surface area contributed by atoms with E-state index in [0.29, 0.717) is 5.69 Å². The lowest BCUT2D eigenvalue weighted by atomic mass is 10.1. The number of carbonyl (C=O) groups excluding carboxylic acids is 2. The van der Waals surface area contributed by atoms with Gasteiger partial charge in [0.05, 0.1) is 25.2 Å². The van der Waals surface area contributed by atoms with Crippen LogP contribution in [0.1, 0.15) is 15.9 Å². The summed E-state index contributed by atoms with van der Waals surface area (Å²) in [5.74, 6) is -0.282. The van der Waals surface area contributed by atoms with Gasteiger partial charge < -0.3 is 25.8 Å². The number of nitrogens with two attached hydrogens (primary N) is 1. The number of primary amides is 1. The lowest BCUT2D eigenvalue weighted by molar-refractivity contribution is -0.385. The van der Waals surface area contributed by atoms with E-state index >= 15 is 0 Å². The van der Waals surface area contributed by atoms with Gasteiger partial charge in [0.1, 0.15) is 5.56 Å². The van der Waals surface area contributed by atoms with E-state index in [9.17, 15) is 19.7 Å². The Hall–Kier alpha value is -3.82. The van der Waals surface area contributed by atoms with Gasteiger partial charge in [0, 0.05) is 18.3 Å². The van der Waals surface area contributed by atoms with Gasteiger partial charge in [-0.25, -0.2) is 4.79 Å². The first-order valence-electron chi connectivity index (χ1n) is 7.69. The van der Waals surface area contributed by atoms with Crippen molar-refractivity contribution in [2.75, 3.05) is 19.5 Å². The molecule has 3 amide bonds. The zero-order valence-corrected chi connectivity index (χ0v) is 14.6. The smallest absolute Gasteiger partial charge is 0.316 e. The summed E-state index contributed by atoms with van der Waals surface area (Å²) in [6.07, 6.45) is 0. The van der Waals surface area contributed by atoms with Crippen LogP contribution < -0.4 is 25.8 Å². The Balaban J connectivity index is 2.17. The van der Waals surface area contributed by atoms with E-state index in [2.05, 4.69) is 10.6 Å². The minimum atomic E-state index is -0.684. The molecule has 0 atom stereocenters. The molecular weight excluding hydrogens is 356 g/mol. The van der Waals surface area contributed by atoms with Crippen molar-refractivity contribution < 1.29 is 24.0 Å². The third kappa shape index (κ3) is 4.84. The molecule has 0 radical (unpaired) electrons. The maximum absolute atomic E-state index is 12.4. The Kier molecular flexibility index (Phi) is 6.15. The van der Waals surface area contributed by atoms with Gasteiger partial charge in [-0.1, -0.05) is 12.1 Å². The molecule has 0 aliphatic carbocycles. The summed E-state index contributed by atoms with van der Waals surface area (Å²) in [6, 6.07) is 8.29. The second-order valence-corrected chi connectivity index (χ2v) is 5.35. The molecule has 0 heterocycles. The quantitative estimate of drug-likeness (QED) is 0.499. The molecule has 0 aliphatic heterocycles. The van der Waals surface area contributed by atoms with Crippen molar-refractivity contribution in [1.29, 1.82) is 0 Å². The van der Waals surface area contributed by atoms with Crippen LogP contribution in [0.5, 0.6) is 11.5 Å². The van der Waals surface area contributed by atoms with Crippen molar-refractivity contribution >= 4 is 23.3 Å². The van der Waals surface area contributed by atoms with Crippen molar-refractivity contribution in [3.8, 4) is 11.5 Å². The third-order valence-corrected chi connectivity index (χ3v) is 3.62. The van der Waals surface area contributed by atoms with Crippen LogP contribution >= 0.6 is 0 Å². The van der Waals surface area contributed by atoms with E-state index < -0.39 is 22.5 Å². The van der Waals surface area contributed by atoms with Gasteiger partial charge in [-0.15, -0.1) is 0 Å². The van der Waals surface area contributed by atoms with Gasteiger partial charge in [0.25, 0.3) is 11.6 Å². The monoisotopic (exact) mass is 374 g/mol. The first-order valence-corrected chi connectivity index (χ1v) is 7.69. The number of benzene rings is 2. The normalized spacial score (nSPS) is 10.0. The van der Waals surface area contributed by atoms with Gasteiger partial charge in [0.2, 0.25) is 0 Å². The summed E-state index contributed by atoms with van der Waals surface area (Å²) in [5, 5.41) is 16.3. The van der Waals surface area contributed by atoms with Gasteiger partial charge >= 0.3 is 6.03 Å². The fourth-order valence-corrected chi connectivity index (χ4v) is 2.33. The molecule has 0 aromatic heterocycles. The standard InChI is InChI=1S/C17H18N4O6/c1-26-14-7-12(13(21(24)25)8-15(14)27-2)16(22)19-9-10-3-5-11(6-4-10)20-17(18)23/h3-8H,9H2,1-2H3,(H,19,22)(H3,18,20,23). The zero-order chi connectivity index (χ0) is 20.0. The van der Waals surface area contributed by atoms with Crippen molar-refractivity contribution in [2.24, 2.45) is 5.73 Å². The summed E-state index contributed by atoms with van der Waals surface area (Å²) in [7, 11) is 2.71. The van der Waals surface area contributed by atoms with E-state index in [4.69, 9.17) is 15.2 Å². The fourth-order valence-electron chi connectivity index (χ4n) is 2.33. The molecule has 0 aliphatic rings. The van der Waals surface area contributed by atoms with Crippen molar-refractivity contribution in [1.82, 2.24) is 5.32 Å². The maximum Gasteiger partial charge on any atom is 0.316 e. The van der Waals surface area contributed by atoms with Gasteiger partial charge in [0.15, 0.2) is 11.5 Å². The molecular formula is C17H18N4O6. The molecule has 0 saturated heterocycles. The van der Waals surface area contributed by atoms with Crippen molar-refractivity contribution in [3.63, 3.8) is 0 Å². The largest absolute Gasteiger partial charge is 0.493 e. The number of methoxy groups -OCH3 is 2. The number of urea groups is 1. The zero-order valence-electron chi connectivity index (χ0n) is 14.6. The van der Waals surface area contributed by atoms with Crippen LogP contribution in [-0.2, 0) is 6.54 Å². The number of nitrogens with zero attached hydrogens (tertiary/aromatic N) is 1. The van der Waals surface area contributed by atoms with E-state index in [0.717, 1.165) is 11.6 Å². The molecule has 0 fully saturated rings. The van der Waals surface area contributed by atoms with E-state index in [1.165, 1.54) is 20.3 Å². The van der Waals surface area contributed by atoms with E-state index in [1.807, 2.05) is 0 Å². The van der Waals surface area contributed by atoms with Crippen molar-refractivity contribution in [3.05, 3.63) is 57.6 Å². The third-order valence-electron chi connectivity index (χ3n) is 3.62. The highest BCUT2D eigenvalue weighted by atomic mass is 16.6. The summed E-state index contributed by atoms with van der Waals surface area (Å²) in [5.41, 5.74) is 5.71. The van der Waals surface area contributed by atoms with Crippen LogP contribution in [0.2, 0.25) is 0 Å². The van der Waals surface area contributed by atoms with E-state index in [1.54, 1.807) is 24.3 Å². The number of hydrogen-bond acceptors (Lipinski definition) is 6. The number of anilines is 1. The molecule has 2 aromatic rings. The van der Waals surface area contributed by atoms with Gasteiger partial charge in [-0.05, 0) is 17.7 Å². The highest BCUT2D eigenvalue weighted by molar-refractivity contribution is 5.99. The Bertz CT molecular complexity index is 866. The van der Waals surface area contributed by atoms with Crippen LogP contribution in [0.15, 0.2) is 36.4 Å². The predicted molar refractivity (Wildman–Crippen MR) is 97.0 cm³/mol. The number of ether oxygens (including phenoxy) is 2. The number of carbonyl (C=O) groups is 2. The Morgan fingerprint density at radius 3 is 2.22 bits per heavy atom.